The highest BCUT2D eigenvalue weighted by atomic mass is 32.1. The molecular formula is C21H19N7S. The summed E-state index contributed by atoms with van der Waals surface area (Å²) in [6.07, 6.45) is 10.3. The molecule has 1 aromatic carbocycles. The van der Waals surface area contributed by atoms with E-state index in [-0.39, 0.29) is 0 Å². The van der Waals surface area contributed by atoms with Crippen LogP contribution in [0.5, 0.6) is 0 Å². The second kappa shape index (κ2) is 6.45. The molecule has 6 rings (SSSR count). The minimum absolute atomic E-state index is 0.618. The molecule has 8 heteroatoms. The Kier molecular flexibility index (Phi) is 3.73. The van der Waals surface area contributed by atoms with E-state index < -0.39 is 0 Å². The van der Waals surface area contributed by atoms with Gasteiger partial charge < -0.3 is 0 Å². The van der Waals surface area contributed by atoms with Crippen LogP contribution in [0.1, 0.15) is 41.6 Å². The summed E-state index contributed by atoms with van der Waals surface area (Å²) < 4.78 is 3.73. The summed E-state index contributed by atoms with van der Waals surface area (Å²) >= 11 is 1.68. The second-order valence-electron chi connectivity index (χ2n) is 7.71. The van der Waals surface area contributed by atoms with E-state index in [0.717, 1.165) is 32.8 Å². The van der Waals surface area contributed by atoms with Crippen molar-refractivity contribution in [3.05, 3.63) is 59.3 Å². The summed E-state index contributed by atoms with van der Waals surface area (Å²) in [5, 5.41) is 20.1. The lowest BCUT2D eigenvalue weighted by Crippen LogP contribution is -2.09. The predicted molar refractivity (Wildman–Crippen MR) is 112 cm³/mol. The fraction of sp³-hybridized carbons (Fsp3) is 0.286. The lowest BCUT2D eigenvalue weighted by molar-refractivity contribution is 0.414. The van der Waals surface area contributed by atoms with Gasteiger partial charge in [0.1, 0.15) is 5.01 Å². The number of nitrogens with zero attached hydrogens (tertiary/aromatic N) is 7. The van der Waals surface area contributed by atoms with Crippen molar-refractivity contribution in [3.63, 3.8) is 0 Å². The first-order valence-corrected chi connectivity index (χ1v) is 10.6. The predicted octanol–water partition coefficient (Wildman–Crippen LogP) is 3.99. The van der Waals surface area contributed by atoms with Crippen LogP contribution < -0.4 is 0 Å². The van der Waals surface area contributed by atoms with Gasteiger partial charge in [0.2, 0.25) is 4.96 Å². The molecule has 0 spiro atoms. The first-order valence-electron chi connectivity index (χ1n) is 9.82. The zero-order valence-corrected chi connectivity index (χ0v) is 16.8. The van der Waals surface area contributed by atoms with Gasteiger partial charge in [-0.05, 0) is 36.6 Å². The number of aryl methyl sites for hydroxylation is 1. The van der Waals surface area contributed by atoms with Crippen molar-refractivity contribution in [3.8, 4) is 11.1 Å². The summed E-state index contributed by atoms with van der Waals surface area (Å²) in [6, 6.07) is 8.53. The van der Waals surface area contributed by atoms with Gasteiger partial charge in [0.25, 0.3) is 0 Å². The number of hydrogen-bond acceptors (Lipinski definition) is 6. The van der Waals surface area contributed by atoms with Gasteiger partial charge in [0.05, 0.1) is 11.7 Å². The minimum Gasteiger partial charge on any atom is -0.275 e. The molecule has 1 fully saturated rings. The smallest absolute Gasteiger partial charge is 0.234 e. The Morgan fingerprint density at radius 2 is 2.03 bits per heavy atom. The number of fused-ring (bicyclic) bond motifs is 2. The van der Waals surface area contributed by atoms with Crippen molar-refractivity contribution < 1.29 is 0 Å². The van der Waals surface area contributed by atoms with Gasteiger partial charge >= 0.3 is 0 Å². The lowest BCUT2D eigenvalue weighted by atomic mass is 9.86. The summed E-state index contributed by atoms with van der Waals surface area (Å²) in [7, 11) is 1.92. The third kappa shape index (κ3) is 2.91. The molecule has 1 aliphatic carbocycles. The fourth-order valence-electron chi connectivity index (χ4n) is 3.80. The average Bonchev–Trinajstić information content (AvgIpc) is 3.37. The van der Waals surface area contributed by atoms with Crippen LogP contribution in [-0.2, 0) is 13.5 Å². The lowest BCUT2D eigenvalue weighted by Gasteiger charge is -2.21. The maximum atomic E-state index is 4.80. The molecule has 4 aromatic heterocycles. The minimum atomic E-state index is 0.618. The Morgan fingerprint density at radius 1 is 1.10 bits per heavy atom. The van der Waals surface area contributed by atoms with Crippen LogP contribution in [0.25, 0.3) is 27.0 Å². The Morgan fingerprint density at radius 3 is 2.83 bits per heavy atom. The quantitative estimate of drug-likeness (QED) is 0.455. The molecule has 0 amide bonds. The van der Waals surface area contributed by atoms with Crippen LogP contribution in [0.2, 0.25) is 0 Å². The van der Waals surface area contributed by atoms with E-state index in [2.05, 4.69) is 44.5 Å². The molecule has 7 nitrogen and oxygen atoms in total. The van der Waals surface area contributed by atoms with E-state index >= 15 is 0 Å². The van der Waals surface area contributed by atoms with Crippen molar-refractivity contribution in [2.45, 2.75) is 31.6 Å². The average molecular weight is 401 g/mol. The van der Waals surface area contributed by atoms with E-state index in [4.69, 9.17) is 5.10 Å². The topological polar surface area (TPSA) is 73.8 Å². The van der Waals surface area contributed by atoms with E-state index in [1.54, 1.807) is 16.0 Å². The summed E-state index contributed by atoms with van der Waals surface area (Å²) in [5.41, 5.74) is 4.29. The first kappa shape index (κ1) is 16.8. The molecule has 1 aliphatic rings. The van der Waals surface area contributed by atoms with Gasteiger partial charge in [-0.1, -0.05) is 23.8 Å². The van der Waals surface area contributed by atoms with Crippen LogP contribution in [0.3, 0.4) is 0 Å². The van der Waals surface area contributed by atoms with Crippen LogP contribution >= 0.6 is 11.3 Å². The maximum absolute atomic E-state index is 4.80. The molecule has 0 radical (unpaired) electrons. The van der Waals surface area contributed by atoms with Gasteiger partial charge in [-0.15, -0.1) is 10.2 Å². The highest BCUT2D eigenvalue weighted by Crippen LogP contribution is 2.38. The summed E-state index contributed by atoms with van der Waals surface area (Å²) in [6.45, 7) is 0. The van der Waals surface area contributed by atoms with Crippen LogP contribution in [0.15, 0.2) is 42.9 Å². The highest BCUT2D eigenvalue weighted by Gasteiger charge is 2.24. The number of aromatic nitrogens is 7. The van der Waals surface area contributed by atoms with Crippen molar-refractivity contribution in [2.24, 2.45) is 7.05 Å². The number of benzene rings is 1. The molecule has 0 N–H and O–H groups in total. The molecule has 1 saturated carbocycles. The van der Waals surface area contributed by atoms with Crippen LogP contribution in [0.4, 0.5) is 0 Å². The summed E-state index contributed by atoms with van der Waals surface area (Å²) in [5.74, 6) is 1.50. The number of hydrogen-bond donors (Lipinski definition) is 0. The molecule has 0 bridgehead atoms. The van der Waals surface area contributed by atoms with Gasteiger partial charge in [-0.2, -0.15) is 14.7 Å². The zero-order chi connectivity index (χ0) is 19.4. The molecule has 0 aliphatic heterocycles. The SMILES string of the molecule is Cn1cc(-c2cnc3ccc(Cc4nnc5sc(C6CCC6)nn45)cc3c2)cn1. The van der Waals surface area contributed by atoms with Gasteiger partial charge in [-0.3, -0.25) is 9.67 Å². The van der Waals surface area contributed by atoms with Gasteiger partial charge in [-0.25, -0.2) is 0 Å². The van der Waals surface area contributed by atoms with E-state index in [1.807, 2.05) is 30.2 Å². The number of rotatable bonds is 4. The normalized spacial score (nSPS) is 14.7. The van der Waals surface area contributed by atoms with Crippen molar-refractivity contribution >= 4 is 27.2 Å². The Balaban J connectivity index is 1.34. The molecular weight excluding hydrogens is 382 g/mol. The van der Waals surface area contributed by atoms with Crippen molar-refractivity contribution in [1.82, 2.24) is 34.6 Å². The summed E-state index contributed by atoms with van der Waals surface area (Å²) in [4.78, 5) is 5.50. The second-order valence-corrected chi connectivity index (χ2v) is 8.70. The Hall–Kier alpha value is -3.13. The van der Waals surface area contributed by atoms with Gasteiger partial charge in [0.15, 0.2) is 5.82 Å². The van der Waals surface area contributed by atoms with E-state index in [0.29, 0.717) is 12.3 Å². The monoisotopic (exact) mass is 401 g/mol. The molecule has 0 saturated heterocycles. The Bertz CT molecular complexity index is 1340. The maximum Gasteiger partial charge on any atom is 0.234 e. The zero-order valence-electron chi connectivity index (χ0n) is 16.0. The van der Waals surface area contributed by atoms with E-state index in [1.165, 1.54) is 29.8 Å². The van der Waals surface area contributed by atoms with Crippen LogP contribution in [0, 0.1) is 0 Å². The van der Waals surface area contributed by atoms with Gasteiger partial charge in [0, 0.05) is 48.3 Å². The van der Waals surface area contributed by atoms with Crippen molar-refractivity contribution in [1.29, 1.82) is 0 Å². The fourth-order valence-corrected chi connectivity index (χ4v) is 4.83. The molecule has 5 aromatic rings. The van der Waals surface area contributed by atoms with Crippen molar-refractivity contribution in [2.75, 3.05) is 0 Å². The van der Waals surface area contributed by atoms with E-state index in [9.17, 15) is 0 Å². The Labute approximate surface area is 171 Å². The third-order valence-electron chi connectivity index (χ3n) is 5.67. The largest absolute Gasteiger partial charge is 0.275 e. The third-order valence-corrected chi connectivity index (χ3v) is 6.73. The first-order chi connectivity index (χ1) is 14.2. The molecule has 0 unspecified atom stereocenters. The molecule has 29 heavy (non-hydrogen) atoms. The van der Waals surface area contributed by atoms with Crippen LogP contribution in [-0.4, -0.2) is 34.6 Å². The standard InChI is InChI=1S/C21H19N7S/c1-27-12-17(11-23-27)16-9-15-7-13(5-6-18(15)22-10-16)8-19-24-25-21-28(19)26-20(29-21)14-3-2-4-14/h5-7,9-12,14H,2-4,8H2,1H3. The molecule has 0 atom stereocenters. The highest BCUT2D eigenvalue weighted by molar-refractivity contribution is 7.16. The number of pyridine rings is 1. The molecule has 4 heterocycles. The molecule has 144 valence electrons.